The standard InChI is InChI=1S/C17H20F5N5O.H2S/c18-12-10(2-1-3-11(12)28)13-25-14(23-8-4-16(19,20)5-8)27-15(26-13)24-9-6-17(21,22)7-9;/h8-9,11,28H,1-7H2,(H2,23,24,25,26,27);1H2/t11-;/m0./s1. The van der Waals surface area contributed by atoms with Crippen LogP contribution in [0.5, 0.6) is 0 Å². The number of aliphatic hydroxyl groups is 1. The van der Waals surface area contributed by atoms with Gasteiger partial charge < -0.3 is 15.7 Å². The van der Waals surface area contributed by atoms with Gasteiger partial charge in [-0.15, -0.1) is 0 Å². The third-order valence-electron chi connectivity index (χ3n) is 5.24. The quantitative estimate of drug-likeness (QED) is 0.608. The lowest BCUT2D eigenvalue weighted by molar-refractivity contribution is -0.0799. The van der Waals surface area contributed by atoms with E-state index < -0.39 is 35.9 Å². The number of hydrogen-bond donors (Lipinski definition) is 3. The van der Waals surface area contributed by atoms with Crippen LogP contribution in [0.3, 0.4) is 0 Å². The summed E-state index contributed by atoms with van der Waals surface area (Å²) in [5, 5.41) is 15.3. The smallest absolute Gasteiger partial charge is 0.252 e. The Kier molecular flexibility index (Phi) is 5.96. The molecule has 0 radical (unpaired) electrons. The first-order valence-electron chi connectivity index (χ1n) is 9.22. The first kappa shape index (κ1) is 22.0. The average molecular weight is 439 g/mol. The zero-order chi connectivity index (χ0) is 20.1. The molecule has 3 aliphatic rings. The number of nitrogens with one attached hydrogen (secondary N) is 2. The third kappa shape index (κ3) is 4.90. The second kappa shape index (κ2) is 7.86. The number of aromatic nitrogens is 3. The van der Waals surface area contributed by atoms with Crippen molar-refractivity contribution in [3.63, 3.8) is 0 Å². The number of nitrogens with zero attached hydrogens (tertiary/aromatic N) is 3. The van der Waals surface area contributed by atoms with Crippen LogP contribution in [0.1, 0.15) is 50.8 Å². The van der Waals surface area contributed by atoms with Gasteiger partial charge in [0, 0.05) is 43.3 Å². The van der Waals surface area contributed by atoms with Gasteiger partial charge in [0.15, 0.2) is 5.82 Å². The SMILES string of the molecule is O[C@H]1CCCC(c2nc(NC3CC(F)(F)C3)nc(NC3CC(F)(F)C3)n2)=C1F.S. The zero-order valence-corrected chi connectivity index (χ0v) is 16.4. The molecule has 0 aromatic carbocycles. The van der Waals surface area contributed by atoms with E-state index in [9.17, 15) is 27.1 Å². The number of allylic oxidation sites excluding steroid dienone is 1. The zero-order valence-electron chi connectivity index (χ0n) is 15.4. The van der Waals surface area contributed by atoms with Gasteiger partial charge >= 0.3 is 0 Å². The van der Waals surface area contributed by atoms with E-state index in [1.54, 1.807) is 0 Å². The summed E-state index contributed by atoms with van der Waals surface area (Å²) in [5.74, 6) is -6.31. The van der Waals surface area contributed by atoms with Gasteiger partial charge in [0.1, 0.15) is 11.9 Å². The molecule has 0 amide bonds. The molecular formula is C17H22F5N5OS. The minimum atomic E-state index is -2.74. The van der Waals surface area contributed by atoms with Crippen LogP contribution in [0.15, 0.2) is 5.83 Å². The molecule has 3 N–H and O–H groups in total. The molecule has 0 aliphatic heterocycles. The Balaban J connectivity index is 0.00000240. The predicted octanol–water partition coefficient (Wildman–Crippen LogP) is 3.63. The Morgan fingerprint density at radius 2 is 1.34 bits per heavy atom. The van der Waals surface area contributed by atoms with E-state index in [0.29, 0.717) is 12.8 Å². The van der Waals surface area contributed by atoms with Crippen LogP contribution in [0.25, 0.3) is 5.57 Å². The van der Waals surface area contributed by atoms with E-state index in [1.807, 2.05) is 0 Å². The first-order valence-corrected chi connectivity index (χ1v) is 9.22. The van der Waals surface area contributed by atoms with Gasteiger partial charge in [0.2, 0.25) is 11.9 Å². The van der Waals surface area contributed by atoms with Gasteiger partial charge in [-0.05, 0) is 19.3 Å². The van der Waals surface area contributed by atoms with Crippen molar-refractivity contribution in [2.75, 3.05) is 10.6 Å². The van der Waals surface area contributed by atoms with Crippen molar-refractivity contribution in [1.82, 2.24) is 15.0 Å². The molecule has 12 heteroatoms. The van der Waals surface area contributed by atoms with Crippen LogP contribution in [0, 0.1) is 0 Å². The fourth-order valence-corrected chi connectivity index (χ4v) is 3.67. The van der Waals surface area contributed by atoms with Crippen LogP contribution in [0.2, 0.25) is 0 Å². The van der Waals surface area contributed by atoms with Crippen LogP contribution in [0.4, 0.5) is 33.8 Å². The molecule has 2 saturated carbocycles. The Morgan fingerprint density at radius 1 is 0.862 bits per heavy atom. The summed E-state index contributed by atoms with van der Waals surface area (Å²) in [6, 6.07) is -1.08. The number of hydrogen-bond acceptors (Lipinski definition) is 6. The summed E-state index contributed by atoms with van der Waals surface area (Å²) >= 11 is 0. The number of halogens is 5. The summed E-state index contributed by atoms with van der Waals surface area (Å²) < 4.78 is 66.6. The van der Waals surface area contributed by atoms with Gasteiger partial charge in [-0.2, -0.15) is 28.4 Å². The van der Waals surface area contributed by atoms with Crippen molar-refractivity contribution in [1.29, 1.82) is 0 Å². The molecule has 1 aromatic rings. The lowest BCUT2D eigenvalue weighted by atomic mass is 9.88. The normalized spacial score (nSPS) is 26.2. The summed E-state index contributed by atoms with van der Waals surface area (Å²) in [6.07, 6.45) is -1.63. The predicted molar refractivity (Wildman–Crippen MR) is 101 cm³/mol. The topological polar surface area (TPSA) is 83.0 Å². The number of aliphatic hydroxyl groups excluding tert-OH is 1. The molecule has 6 nitrogen and oxygen atoms in total. The van der Waals surface area contributed by atoms with E-state index in [4.69, 9.17) is 0 Å². The highest BCUT2D eigenvalue weighted by Crippen LogP contribution is 2.40. The van der Waals surface area contributed by atoms with Crippen molar-refractivity contribution in [2.24, 2.45) is 0 Å². The lowest BCUT2D eigenvalue weighted by Gasteiger charge is -2.36. The molecule has 0 saturated heterocycles. The molecular weight excluding hydrogens is 417 g/mol. The molecule has 0 bridgehead atoms. The van der Waals surface area contributed by atoms with E-state index >= 15 is 0 Å². The molecule has 1 aromatic heterocycles. The van der Waals surface area contributed by atoms with E-state index in [0.717, 1.165) is 0 Å². The summed E-state index contributed by atoms with van der Waals surface area (Å²) in [5.41, 5.74) is 0.116. The highest BCUT2D eigenvalue weighted by Gasteiger charge is 2.46. The first-order chi connectivity index (χ1) is 13.1. The molecule has 1 heterocycles. The Labute approximate surface area is 170 Å². The second-order valence-electron chi connectivity index (χ2n) is 7.75. The number of anilines is 2. The van der Waals surface area contributed by atoms with Gasteiger partial charge in [-0.1, -0.05) is 0 Å². The number of alkyl halides is 4. The Hall–Kier alpha value is -1.69. The van der Waals surface area contributed by atoms with Crippen LogP contribution >= 0.6 is 13.5 Å². The molecule has 2 fully saturated rings. The van der Waals surface area contributed by atoms with Crippen molar-refractivity contribution in [3.8, 4) is 0 Å². The maximum atomic E-state index is 14.4. The fourth-order valence-electron chi connectivity index (χ4n) is 3.67. The van der Waals surface area contributed by atoms with Gasteiger partial charge in [-0.3, -0.25) is 0 Å². The van der Waals surface area contributed by atoms with Crippen LogP contribution < -0.4 is 10.6 Å². The minimum Gasteiger partial charge on any atom is -0.386 e. The monoisotopic (exact) mass is 439 g/mol. The Morgan fingerprint density at radius 3 is 1.79 bits per heavy atom. The molecule has 1 atom stereocenters. The van der Waals surface area contributed by atoms with Crippen molar-refractivity contribution >= 4 is 31.0 Å². The van der Waals surface area contributed by atoms with Crippen LogP contribution in [-0.4, -0.2) is 50.1 Å². The van der Waals surface area contributed by atoms with Crippen molar-refractivity contribution in [3.05, 3.63) is 11.7 Å². The fraction of sp³-hybridized carbons (Fsp3) is 0.706. The molecule has 0 unspecified atom stereocenters. The largest absolute Gasteiger partial charge is 0.386 e. The lowest BCUT2D eigenvalue weighted by Crippen LogP contribution is -2.45. The maximum Gasteiger partial charge on any atom is 0.252 e. The van der Waals surface area contributed by atoms with Gasteiger partial charge in [0.05, 0.1) is 0 Å². The van der Waals surface area contributed by atoms with E-state index in [2.05, 4.69) is 25.6 Å². The molecule has 3 aliphatic carbocycles. The second-order valence-corrected chi connectivity index (χ2v) is 7.75. The molecule has 0 spiro atoms. The highest BCUT2D eigenvalue weighted by molar-refractivity contribution is 7.59. The number of rotatable bonds is 5. The van der Waals surface area contributed by atoms with Crippen molar-refractivity contribution < 1.29 is 27.1 Å². The summed E-state index contributed by atoms with van der Waals surface area (Å²) in [4.78, 5) is 12.3. The third-order valence-corrected chi connectivity index (χ3v) is 5.24. The minimum absolute atomic E-state index is 0. The molecule has 162 valence electrons. The summed E-state index contributed by atoms with van der Waals surface area (Å²) in [6.45, 7) is 0. The molecule has 4 rings (SSSR count). The van der Waals surface area contributed by atoms with E-state index in [1.165, 1.54) is 0 Å². The van der Waals surface area contributed by atoms with Gasteiger partial charge in [-0.25, -0.2) is 22.0 Å². The average Bonchev–Trinajstić information content (AvgIpc) is 2.54. The van der Waals surface area contributed by atoms with Gasteiger partial charge in [0.25, 0.3) is 11.8 Å². The maximum absolute atomic E-state index is 14.4. The van der Waals surface area contributed by atoms with Crippen molar-refractivity contribution in [2.45, 2.75) is 75.0 Å². The van der Waals surface area contributed by atoms with E-state index in [-0.39, 0.29) is 68.9 Å². The summed E-state index contributed by atoms with van der Waals surface area (Å²) in [7, 11) is 0. The van der Waals surface area contributed by atoms with Crippen LogP contribution in [-0.2, 0) is 0 Å². The highest BCUT2D eigenvalue weighted by atomic mass is 32.1. The molecule has 29 heavy (non-hydrogen) atoms. The Bertz CT molecular complexity index is 748.